The predicted molar refractivity (Wildman–Crippen MR) is 46.3 cm³/mol. The van der Waals surface area contributed by atoms with Gasteiger partial charge < -0.3 is 21.8 Å². The first kappa shape index (κ1) is 8.10. The molecule has 62 valence electrons. The minimum Gasteiger partial charge on any atom is -0.370 e. The Balaban J connectivity index is 2.23. The van der Waals surface area contributed by atoms with E-state index in [0.717, 1.165) is 5.82 Å². The molecule has 0 spiro atoms. The van der Waals surface area contributed by atoms with Crippen LogP contribution in [0.4, 0.5) is 5.82 Å². The zero-order valence-electron chi connectivity index (χ0n) is 6.38. The van der Waals surface area contributed by atoms with Crippen molar-refractivity contribution in [2.24, 2.45) is 11.5 Å². The van der Waals surface area contributed by atoms with Crippen LogP contribution in [-0.4, -0.2) is 24.1 Å². The lowest BCUT2D eigenvalue weighted by atomic mass is 10.3. The summed E-state index contributed by atoms with van der Waals surface area (Å²) in [6, 6.07) is 3.90. The molecule has 0 bridgehead atoms. The van der Waals surface area contributed by atoms with Crippen molar-refractivity contribution in [3.63, 3.8) is 0 Å². The summed E-state index contributed by atoms with van der Waals surface area (Å²) in [5.74, 6) is 0.980. The zero-order chi connectivity index (χ0) is 8.10. The molecule has 1 heterocycles. The average Bonchev–Trinajstić information content (AvgIpc) is 2.52. The SMILES string of the molecule is NCC(N)CNc1ccc[nH]1. The number of aromatic nitrogens is 1. The smallest absolute Gasteiger partial charge is 0.103 e. The number of hydrogen-bond acceptors (Lipinski definition) is 3. The molecule has 0 aliphatic rings. The fourth-order valence-corrected chi connectivity index (χ4v) is 0.765. The Bertz CT molecular complexity index is 182. The maximum atomic E-state index is 5.59. The molecule has 4 heteroatoms. The van der Waals surface area contributed by atoms with Crippen LogP contribution < -0.4 is 16.8 Å². The molecule has 1 rings (SSSR count). The van der Waals surface area contributed by atoms with Gasteiger partial charge in [0, 0.05) is 25.3 Å². The lowest BCUT2D eigenvalue weighted by Gasteiger charge is -2.09. The summed E-state index contributed by atoms with van der Waals surface area (Å²) in [6.07, 6.45) is 1.86. The van der Waals surface area contributed by atoms with E-state index in [1.165, 1.54) is 0 Å². The first-order valence-electron chi connectivity index (χ1n) is 3.66. The van der Waals surface area contributed by atoms with Crippen molar-refractivity contribution in [2.45, 2.75) is 6.04 Å². The van der Waals surface area contributed by atoms with Crippen LogP contribution in [0, 0.1) is 0 Å². The Labute approximate surface area is 66.0 Å². The minimum atomic E-state index is 0.0262. The van der Waals surface area contributed by atoms with Crippen LogP contribution in [-0.2, 0) is 0 Å². The van der Waals surface area contributed by atoms with E-state index in [0.29, 0.717) is 13.1 Å². The molecule has 1 unspecified atom stereocenters. The zero-order valence-corrected chi connectivity index (χ0v) is 6.38. The van der Waals surface area contributed by atoms with E-state index in [4.69, 9.17) is 11.5 Å². The molecule has 0 saturated heterocycles. The van der Waals surface area contributed by atoms with E-state index in [1.54, 1.807) is 0 Å². The highest BCUT2D eigenvalue weighted by Gasteiger charge is 1.97. The monoisotopic (exact) mass is 154 g/mol. The van der Waals surface area contributed by atoms with Gasteiger partial charge in [0.1, 0.15) is 5.82 Å². The normalized spacial score (nSPS) is 12.9. The maximum Gasteiger partial charge on any atom is 0.103 e. The van der Waals surface area contributed by atoms with Gasteiger partial charge in [-0.15, -0.1) is 0 Å². The summed E-state index contributed by atoms with van der Waals surface area (Å²) < 4.78 is 0. The van der Waals surface area contributed by atoms with Gasteiger partial charge in [0.25, 0.3) is 0 Å². The Hall–Kier alpha value is -1.00. The average molecular weight is 154 g/mol. The van der Waals surface area contributed by atoms with Crippen molar-refractivity contribution in [2.75, 3.05) is 18.4 Å². The maximum absolute atomic E-state index is 5.59. The topological polar surface area (TPSA) is 79.9 Å². The van der Waals surface area contributed by atoms with Crippen LogP contribution in [0.2, 0.25) is 0 Å². The molecule has 0 aromatic carbocycles. The van der Waals surface area contributed by atoms with Gasteiger partial charge in [0.15, 0.2) is 0 Å². The number of H-pyrrole nitrogens is 1. The van der Waals surface area contributed by atoms with Crippen molar-refractivity contribution in [1.29, 1.82) is 0 Å². The lowest BCUT2D eigenvalue weighted by Crippen LogP contribution is -2.36. The second-order valence-electron chi connectivity index (χ2n) is 2.46. The van der Waals surface area contributed by atoms with Gasteiger partial charge in [0.2, 0.25) is 0 Å². The molecule has 6 N–H and O–H groups in total. The molecule has 0 saturated carbocycles. The predicted octanol–water partition coefficient (Wildman–Crippen LogP) is -0.287. The van der Waals surface area contributed by atoms with E-state index >= 15 is 0 Å². The standard InChI is InChI=1S/C7H14N4/c8-4-6(9)5-11-7-2-1-3-10-7/h1-3,6,10-11H,4-5,8-9H2. The molecule has 4 nitrogen and oxygen atoms in total. The molecular formula is C7H14N4. The molecule has 0 amide bonds. The van der Waals surface area contributed by atoms with E-state index in [1.807, 2.05) is 18.3 Å². The molecule has 1 atom stereocenters. The van der Waals surface area contributed by atoms with Gasteiger partial charge in [-0.3, -0.25) is 0 Å². The molecule has 1 aromatic heterocycles. The molecular weight excluding hydrogens is 140 g/mol. The van der Waals surface area contributed by atoms with Crippen LogP contribution in [0.3, 0.4) is 0 Å². The van der Waals surface area contributed by atoms with Crippen molar-refractivity contribution in [3.8, 4) is 0 Å². The lowest BCUT2D eigenvalue weighted by molar-refractivity contribution is 0.712. The third-order valence-electron chi connectivity index (χ3n) is 1.46. The molecule has 1 aromatic rings. The third-order valence-corrected chi connectivity index (χ3v) is 1.46. The van der Waals surface area contributed by atoms with E-state index in [9.17, 15) is 0 Å². The fourth-order valence-electron chi connectivity index (χ4n) is 0.765. The van der Waals surface area contributed by atoms with E-state index in [2.05, 4.69) is 10.3 Å². The second-order valence-corrected chi connectivity index (χ2v) is 2.46. The number of nitrogens with one attached hydrogen (secondary N) is 2. The summed E-state index contributed by atoms with van der Waals surface area (Å²) in [6.45, 7) is 1.21. The summed E-state index contributed by atoms with van der Waals surface area (Å²) >= 11 is 0. The molecule has 11 heavy (non-hydrogen) atoms. The Morgan fingerprint density at radius 3 is 3.00 bits per heavy atom. The van der Waals surface area contributed by atoms with E-state index < -0.39 is 0 Å². The summed E-state index contributed by atoms with van der Waals surface area (Å²) in [5, 5.41) is 3.11. The van der Waals surface area contributed by atoms with Gasteiger partial charge in [-0.1, -0.05) is 0 Å². The van der Waals surface area contributed by atoms with Crippen molar-refractivity contribution in [1.82, 2.24) is 4.98 Å². The number of nitrogens with two attached hydrogens (primary N) is 2. The number of aromatic amines is 1. The summed E-state index contributed by atoms with van der Waals surface area (Å²) in [7, 11) is 0. The fraction of sp³-hybridized carbons (Fsp3) is 0.429. The Morgan fingerprint density at radius 2 is 2.45 bits per heavy atom. The van der Waals surface area contributed by atoms with Crippen LogP contribution in [0.5, 0.6) is 0 Å². The first-order valence-corrected chi connectivity index (χ1v) is 3.66. The second kappa shape index (κ2) is 4.00. The number of rotatable bonds is 4. The largest absolute Gasteiger partial charge is 0.370 e. The van der Waals surface area contributed by atoms with Gasteiger partial charge in [-0.2, -0.15) is 0 Å². The Kier molecular flexibility index (Phi) is 2.95. The molecule has 0 radical (unpaired) electrons. The quantitative estimate of drug-likeness (QED) is 0.481. The van der Waals surface area contributed by atoms with Gasteiger partial charge in [0.05, 0.1) is 0 Å². The highest BCUT2D eigenvalue weighted by molar-refractivity contribution is 5.34. The van der Waals surface area contributed by atoms with Crippen LogP contribution in [0.15, 0.2) is 18.3 Å². The van der Waals surface area contributed by atoms with Gasteiger partial charge in [-0.05, 0) is 12.1 Å². The van der Waals surface area contributed by atoms with E-state index in [-0.39, 0.29) is 6.04 Å². The van der Waals surface area contributed by atoms with Crippen molar-refractivity contribution < 1.29 is 0 Å². The highest BCUT2D eigenvalue weighted by atomic mass is 15.0. The highest BCUT2D eigenvalue weighted by Crippen LogP contribution is 1.99. The van der Waals surface area contributed by atoms with Crippen LogP contribution in [0.1, 0.15) is 0 Å². The van der Waals surface area contributed by atoms with Gasteiger partial charge in [-0.25, -0.2) is 0 Å². The minimum absolute atomic E-state index is 0.0262. The van der Waals surface area contributed by atoms with Crippen molar-refractivity contribution in [3.05, 3.63) is 18.3 Å². The molecule has 0 fully saturated rings. The van der Waals surface area contributed by atoms with Crippen molar-refractivity contribution >= 4 is 5.82 Å². The van der Waals surface area contributed by atoms with Crippen LogP contribution >= 0.6 is 0 Å². The summed E-state index contributed by atoms with van der Waals surface area (Å²) in [5.41, 5.74) is 10.9. The molecule has 0 aliphatic carbocycles. The number of hydrogen-bond donors (Lipinski definition) is 4. The summed E-state index contributed by atoms with van der Waals surface area (Å²) in [4.78, 5) is 3.01. The number of anilines is 1. The third kappa shape index (κ3) is 2.61. The Morgan fingerprint density at radius 1 is 1.64 bits per heavy atom. The first-order chi connectivity index (χ1) is 5.33. The van der Waals surface area contributed by atoms with Gasteiger partial charge >= 0.3 is 0 Å². The van der Waals surface area contributed by atoms with Crippen LogP contribution in [0.25, 0.3) is 0 Å². The molecule has 0 aliphatic heterocycles.